The zero-order chi connectivity index (χ0) is 21.9. The van der Waals surface area contributed by atoms with E-state index in [1.54, 1.807) is 5.57 Å². The molecule has 0 spiro atoms. The number of hydrogen-bond acceptors (Lipinski definition) is 1. The van der Waals surface area contributed by atoms with Crippen molar-refractivity contribution in [1.29, 1.82) is 0 Å². The zero-order valence-corrected chi connectivity index (χ0v) is 20.8. The SMILES string of the molecule is CC(C)=CCC[C@@H](C)[C@H]1CC[C@@]2(C)[C@@H]3CC=C4[C@H](CCCC4(C)C)[C@H]3C(=O)C[C@]12C. The molecule has 4 aliphatic carbocycles. The van der Waals surface area contributed by atoms with Gasteiger partial charge in [-0.1, -0.05) is 64.3 Å². The molecule has 168 valence electrons. The summed E-state index contributed by atoms with van der Waals surface area (Å²) in [5, 5.41) is 0. The summed E-state index contributed by atoms with van der Waals surface area (Å²) in [4.78, 5) is 13.8. The number of rotatable bonds is 4. The largest absolute Gasteiger partial charge is 0.299 e. The van der Waals surface area contributed by atoms with E-state index in [-0.39, 0.29) is 5.41 Å². The van der Waals surface area contributed by atoms with Crippen LogP contribution in [0.15, 0.2) is 23.3 Å². The first kappa shape index (κ1) is 22.3. The van der Waals surface area contributed by atoms with Crippen molar-refractivity contribution in [2.45, 2.75) is 106 Å². The molecule has 0 radical (unpaired) electrons. The van der Waals surface area contributed by atoms with Gasteiger partial charge in [-0.2, -0.15) is 0 Å². The summed E-state index contributed by atoms with van der Waals surface area (Å²) in [7, 11) is 0. The van der Waals surface area contributed by atoms with Crippen LogP contribution in [-0.4, -0.2) is 5.78 Å². The van der Waals surface area contributed by atoms with Crippen LogP contribution < -0.4 is 0 Å². The van der Waals surface area contributed by atoms with Crippen LogP contribution in [0, 0.1) is 45.8 Å². The summed E-state index contributed by atoms with van der Waals surface area (Å²) < 4.78 is 0. The van der Waals surface area contributed by atoms with Crippen molar-refractivity contribution in [3.63, 3.8) is 0 Å². The van der Waals surface area contributed by atoms with E-state index in [1.807, 2.05) is 0 Å². The number of Topliss-reactive ketones (excluding diaryl/α,β-unsaturated/α-hetero) is 1. The first-order valence-corrected chi connectivity index (χ1v) is 12.9. The second kappa shape index (κ2) is 7.63. The topological polar surface area (TPSA) is 17.1 Å². The number of hydrogen-bond donors (Lipinski definition) is 0. The van der Waals surface area contributed by atoms with E-state index in [0.717, 1.165) is 12.8 Å². The van der Waals surface area contributed by atoms with Crippen molar-refractivity contribution in [3.8, 4) is 0 Å². The fourth-order valence-electron chi connectivity index (χ4n) is 8.81. The molecule has 0 aromatic rings. The molecule has 4 rings (SSSR count). The summed E-state index contributed by atoms with van der Waals surface area (Å²) in [6, 6.07) is 0. The lowest BCUT2D eigenvalue weighted by atomic mass is 9.43. The van der Waals surface area contributed by atoms with Crippen LogP contribution in [0.5, 0.6) is 0 Å². The molecule has 3 fully saturated rings. The maximum atomic E-state index is 13.8. The Balaban J connectivity index is 1.62. The summed E-state index contributed by atoms with van der Waals surface area (Å²) in [5.74, 6) is 3.45. The molecule has 0 bridgehead atoms. The Morgan fingerprint density at radius 3 is 2.57 bits per heavy atom. The van der Waals surface area contributed by atoms with Gasteiger partial charge in [0.15, 0.2) is 0 Å². The molecule has 3 saturated carbocycles. The molecule has 0 heterocycles. The quantitative estimate of drug-likeness (QED) is 0.427. The maximum absolute atomic E-state index is 13.8. The molecule has 0 N–H and O–H groups in total. The van der Waals surface area contributed by atoms with Gasteiger partial charge in [-0.15, -0.1) is 0 Å². The van der Waals surface area contributed by atoms with Crippen LogP contribution in [-0.2, 0) is 4.79 Å². The Labute approximate surface area is 186 Å². The van der Waals surface area contributed by atoms with Crippen molar-refractivity contribution in [1.82, 2.24) is 0 Å². The molecule has 7 atom stereocenters. The number of carbonyl (C=O) groups is 1. The van der Waals surface area contributed by atoms with Crippen LogP contribution in [0.1, 0.15) is 106 Å². The molecular formula is C29H46O. The standard InChI is InChI=1S/C29H46O/c1-19(2)10-8-11-20(3)22-15-17-28(6)24-14-13-23-21(12-9-16-27(23,4)5)26(24)25(30)18-29(22,28)7/h10,13,20-22,24,26H,8-9,11-12,14-18H2,1-7H3/t20-,21+,22-,24-,26-,28+,29-/m1/s1. The molecular weight excluding hydrogens is 364 g/mol. The van der Waals surface area contributed by atoms with Crippen LogP contribution in [0.2, 0.25) is 0 Å². The van der Waals surface area contributed by atoms with Crippen LogP contribution >= 0.6 is 0 Å². The monoisotopic (exact) mass is 410 g/mol. The van der Waals surface area contributed by atoms with Gasteiger partial charge in [0.25, 0.3) is 0 Å². The normalized spacial score (nSPS) is 43.2. The van der Waals surface area contributed by atoms with Crippen molar-refractivity contribution < 1.29 is 4.79 Å². The van der Waals surface area contributed by atoms with Crippen molar-refractivity contribution in [3.05, 3.63) is 23.3 Å². The third-order valence-electron chi connectivity index (χ3n) is 10.6. The van der Waals surface area contributed by atoms with E-state index < -0.39 is 0 Å². The fraction of sp³-hybridized carbons (Fsp3) is 0.828. The first-order chi connectivity index (χ1) is 14.0. The van der Waals surface area contributed by atoms with Gasteiger partial charge in [-0.25, -0.2) is 0 Å². The highest BCUT2D eigenvalue weighted by Gasteiger charge is 2.65. The molecule has 30 heavy (non-hydrogen) atoms. The summed E-state index contributed by atoms with van der Waals surface area (Å²) >= 11 is 0. The lowest BCUT2D eigenvalue weighted by Gasteiger charge is -2.60. The Hall–Kier alpha value is -0.850. The van der Waals surface area contributed by atoms with Crippen LogP contribution in [0.3, 0.4) is 0 Å². The number of fused-ring (bicyclic) bond motifs is 5. The van der Waals surface area contributed by atoms with Gasteiger partial charge >= 0.3 is 0 Å². The van der Waals surface area contributed by atoms with Crippen LogP contribution in [0.4, 0.5) is 0 Å². The highest BCUT2D eigenvalue weighted by Crippen LogP contribution is 2.70. The van der Waals surface area contributed by atoms with Gasteiger partial charge < -0.3 is 0 Å². The molecule has 0 unspecified atom stereocenters. The van der Waals surface area contributed by atoms with E-state index in [2.05, 4.69) is 60.6 Å². The zero-order valence-electron chi connectivity index (χ0n) is 20.8. The predicted molar refractivity (Wildman–Crippen MR) is 127 cm³/mol. The Bertz CT molecular complexity index is 750. The Kier molecular flexibility index (Phi) is 5.68. The number of ketones is 1. The molecule has 0 saturated heterocycles. The van der Waals surface area contributed by atoms with Gasteiger partial charge in [-0.05, 0) is 98.7 Å². The van der Waals surface area contributed by atoms with Gasteiger partial charge in [0, 0.05) is 12.3 Å². The molecule has 0 aliphatic heterocycles. The molecule has 0 aromatic carbocycles. The third-order valence-corrected chi connectivity index (χ3v) is 10.6. The summed E-state index contributed by atoms with van der Waals surface area (Å²) in [6.45, 7) is 16.8. The molecule has 0 amide bonds. The van der Waals surface area contributed by atoms with Gasteiger partial charge in [0.2, 0.25) is 0 Å². The second-order valence-electron chi connectivity index (χ2n) is 12.9. The van der Waals surface area contributed by atoms with Crippen molar-refractivity contribution in [2.75, 3.05) is 0 Å². The summed E-state index contributed by atoms with van der Waals surface area (Å²) in [5.41, 5.74) is 3.88. The van der Waals surface area contributed by atoms with Gasteiger partial charge in [0.05, 0.1) is 0 Å². The first-order valence-electron chi connectivity index (χ1n) is 12.9. The minimum absolute atomic E-state index is 0.186. The average molecular weight is 411 g/mol. The smallest absolute Gasteiger partial charge is 0.137 e. The highest BCUT2D eigenvalue weighted by atomic mass is 16.1. The number of allylic oxidation sites excluding steroid dienone is 4. The van der Waals surface area contributed by atoms with Crippen molar-refractivity contribution >= 4 is 5.78 Å². The highest BCUT2D eigenvalue weighted by molar-refractivity contribution is 5.84. The van der Waals surface area contributed by atoms with Crippen molar-refractivity contribution in [2.24, 2.45) is 45.8 Å². The van der Waals surface area contributed by atoms with E-state index in [9.17, 15) is 4.79 Å². The summed E-state index contributed by atoms with van der Waals surface area (Å²) in [6.07, 6.45) is 15.9. The fourth-order valence-corrected chi connectivity index (χ4v) is 8.81. The molecule has 1 heteroatoms. The van der Waals surface area contributed by atoms with E-state index in [4.69, 9.17) is 0 Å². The second-order valence-corrected chi connectivity index (χ2v) is 12.9. The average Bonchev–Trinajstić information content (AvgIpc) is 2.92. The van der Waals surface area contributed by atoms with E-state index in [1.165, 1.54) is 50.5 Å². The molecule has 4 aliphatic rings. The number of carbonyl (C=O) groups excluding carboxylic acids is 1. The maximum Gasteiger partial charge on any atom is 0.137 e. The van der Waals surface area contributed by atoms with Crippen LogP contribution in [0.25, 0.3) is 0 Å². The lowest BCUT2D eigenvalue weighted by Crippen LogP contribution is -2.57. The van der Waals surface area contributed by atoms with Gasteiger partial charge in [-0.3, -0.25) is 4.79 Å². The molecule has 1 nitrogen and oxygen atoms in total. The van der Waals surface area contributed by atoms with E-state index >= 15 is 0 Å². The van der Waals surface area contributed by atoms with E-state index in [0.29, 0.717) is 46.2 Å². The minimum Gasteiger partial charge on any atom is -0.299 e. The molecule has 0 aromatic heterocycles. The Morgan fingerprint density at radius 2 is 1.87 bits per heavy atom. The minimum atomic E-state index is 0.186. The predicted octanol–water partition coefficient (Wildman–Crippen LogP) is 8.15. The lowest BCUT2D eigenvalue weighted by molar-refractivity contribution is -0.152. The third kappa shape index (κ3) is 3.29. The Morgan fingerprint density at radius 1 is 1.13 bits per heavy atom. The van der Waals surface area contributed by atoms with Gasteiger partial charge in [0.1, 0.15) is 5.78 Å².